The van der Waals surface area contributed by atoms with Crippen LogP contribution in [0.2, 0.25) is 0 Å². The number of hydrogen-bond acceptors (Lipinski definition) is 6. The van der Waals surface area contributed by atoms with Crippen LogP contribution >= 0.6 is 11.3 Å². The van der Waals surface area contributed by atoms with Crippen molar-refractivity contribution in [3.63, 3.8) is 0 Å². The maximum Gasteiger partial charge on any atom is 0.279 e. The molecule has 3 rings (SSSR count). The highest BCUT2D eigenvalue weighted by Crippen LogP contribution is 2.24. The van der Waals surface area contributed by atoms with Crippen molar-refractivity contribution in [2.75, 3.05) is 33.4 Å². The lowest BCUT2D eigenvalue weighted by molar-refractivity contribution is 0.0997. The molecule has 0 atom stereocenters. The van der Waals surface area contributed by atoms with Gasteiger partial charge in [0.2, 0.25) is 10.0 Å². The second kappa shape index (κ2) is 13.9. The number of carbonyl (C=O) groups excluding carboxylic acids is 1. The predicted octanol–water partition coefficient (Wildman–Crippen LogP) is 5.08. The Morgan fingerprint density at radius 3 is 2.30 bits per heavy atom. The number of carbonyl (C=O) groups is 1. The molecule has 0 bridgehead atoms. The van der Waals surface area contributed by atoms with Gasteiger partial charge in [-0.3, -0.25) is 4.79 Å². The van der Waals surface area contributed by atoms with E-state index in [1.807, 2.05) is 43.5 Å². The number of thiazole rings is 1. The maximum atomic E-state index is 13.2. The third-order valence-electron chi connectivity index (χ3n) is 5.94. The van der Waals surface area contributed by atoms with Crippen LogP contribution in [0.25, 0.3) is 10.2 Å². The minimum absolute atomic E-state index is 0.191. The highest BCUT2D eigenvalue weighted by molar-refractivity contribution is 7.89. The number of unbranched alkanes of at least 4 members (excludes halogenated alkanes) is 2. The van der Waals surface area contributed by atoms with E-state index in [4.69, 9.17) is 9.47 Å². The van der Waals surface area contributed by atoms with E-state index in [9.17, 15) is 13.2 Å². The molecule has 0 aliphatic rings. The summed E-state index contributed by atoms with van der Waals surface area (Å²) in [5.74, 6) is 0.331. The van der Waals surface area contributed by atoms with Crippen LogP contribution in [0.4, 0.5) is 0 Å². The summed E-state index contributed by atoms with van der Waals surface area (Å²) in [7, 11) is -2.00. The number of nitrogens with zero attached hydrogens (tertiary/aromatic N) is 3. The molecule has 0 aliphatic carbocycles. The largest absolute Gasteiger partial charge is 0.494 e. The van der Waals surface area contributed by atoms with Crippen LogP contribution in [-0.2, 0) is 21.3 Å². The van der Waals surface area contributed by atoms with E-state index < -0.39 is 15.9 Å². The first-order valence-electron chi connectivity index (χ1n) is 12.8. The summed E-state index contributed by atoms with van der Waals surface area (Å²) in [6.45, 7) is 8.58. The summed E-state index contributed by atoms with van der Waals surface area (Å²) in [5, 5.41) is 0. The summed E-state index contributed by atoms with van der Waals surface area (Å²) in [6, 6.07) is 11.9. The van der Waals surface area contributed by atoms with Gasteiger partial charge in [0, 0.05) is 32.3 Å². The highest BCUT2D eigenvalue weighted by Gasteiger charge is 2.23. The molecule has 0 saturated carbocycles. The van der Waals surface area contributed by atoms with Crippen LogP contribution in [0.15, 0.2) is 52.4 Å². The molecule has 0 N–H and O–H groups in total. The fourth-order valence-corrected chi connectivity index (χ4v) is 6.49. The molecule has 1 aromatic heterocycles. The van der Waals surface area contributed by atoms with Crippen molar-refractivity contribution in [1.82, 2.24) is 8.87 Å². The van der Waals surface area contributed by atoms with Gasteiger partial charge < -0.3 is 14.0 Å². The van der Waals surface area contributed by atoms with Crippen molar-refractivity contribution >= 4 is 37.5 Å². The lowest BCUT2D eigenvalue weighted by atomic mass is 10.2. The third kappa shape index (κ3) is 7.28. The number of hydrogen-bond donors (Lipinski definition) is 0. The van der Waals surface area contributed by atoms with E-state index in [-0.39, 0.29) is 4.90 Å². The average molecular weight is 548 g/mol. The van der Waals surface area contributed by atoms with Gasteiger partial charge in [-0.05, 0) is 62.2 Å². The molecule has 1 heterocycles. The van der Waals surface area contributed by atoms with Gasteiger partial charge in [-0.2, -0.15) is 9.30 Å². The highest BCUT2D eigenvalue weighted by atomic mass is 32.2. The number of amides is 1. The van der Waals surface area contributed by atoms with Gasteiger partial charge in [0.25, 0.3) is 5.91 Å². The first-order chi connectivity index (χ1) is 17.8. The molecule has 2 aromatic carbocycles. The lowest BCUT2D eigenvalue weighted by Crippen LogP contribution is -2.33. The monoisotopic (exact) mass is 547 g/mol. The Labute approximate surface area is 223 Å². The zero-order valence-electron chi connectivity index (χ0n) is 22.1. The van der Waals surface area contributed by atoms with E-state index in [2.05, 4.69) is 4.99 Å². The molecule has 10 heteroatoms. The fraction of sp³-hybridized carbons (Fsp3) is 0.481. The number of rotatable bonds is 14. The van der Waals surface area contributed by atoms with Crippen molar-refractivity contribution < 1.29 is 22.7 Å². The van der Waals surface area contributed by atoms with E-state index in [1.165, 1.54) is 35.6 Å². The summed E-state index contributed by atoms with van der Waals surface area (Å²) in [5.41, 5.74) is 1.27. The minimum atomic E-state index is -3.63. The van der Waals surface area contributed by atoms with Crippen LogP contribution in [0.1, 0.15) is 56.8 Å². The lowest BCUT2D eigenvalue weighted by Gasteiger charge is -2.22. The number of sulfonamides is 1. The van der Waals surface area contributed by atoms with Crippen molar-refractivity contribution in [3.8, 4) is 5.75 Å². The number of fused-ring (bicyclic) bond motifs is 1. The van der Waals surface area contributed by atoms with Gasteiger partial charge in [0.05, 0.1) is 28.3 Å². The molecule has 0 radical (unpaired) electrons. The average Bonchev–Trinajstić information content (AvgIpc) is 3.23. The number of benzene rings is 2. The summed E-state index contributed by atoms with van der Waals surface area (Å²) >= 11 is 1.40. The van der Waals surface area contributed by atoms with Gasteiger partial charge in [-0.25, -0.2) is 8.42 Å². The van der Waals surface area contributed by atoms with Gasteiger partial charge in [0.15, 0.2) is 4.80 Å². The maximum absolute atomic E-state index is 13.2. The van der Waals surface area contributed by atoms with Crippen molar-refractivity contribution in [2.24, 2.45) is 4.99 Å². The van der Waals surface area contributed by atoms with Crippen LogP contribution in [0.5, 0.6) is 5.75 Å². The topological polar surface area (TPSA) is 90.2 Å². The van der Waals surface area contributed by atoms with E-state index in [0.717, 1.165) is 41.6 Å². The second-order valence-electron chi connectivity index (χ2n) is 8.64. The molecule has 8 nitrogen and oxygen atoms in total. The van der Waals surface area contributed by atoms with Crippen LogP contribution < -0.4 is 9.54 Å². The minimum Gasteiger partial charge on any atom is -0.494 e. The summed E-state index contributed by atoms with van der Waals surface area (Å²) < 4.78 is 41.8. The summed E-state index contributed by atoms with van der Waals surface area (Å²) in [6.07, 6.45) is 3.45. The Bertz CT molecular complexity index is 1340. The smallest absolute Gasteiger partial charge is 0.279 e. The van der Waals surface area contributed by atoms with Crippen LogP contribution in [0.3, 0.4) is 0 Å². The van der Waals surface area contributed by atoms with Gasteiger partial charge in [0.1, 0.15) is 5.75 Å². The Morgan fingerprint density at radius 2 is 1.70 bits per heavy atom. The van der Waals surface area contributed by atoms with Gasteiger partial charge >= 0.3 is 0 Å². The number of methoxy groups -OCH3 is 1. The van der Waals surface area contributed by atoms with Crippen molar-refractivity contribution in [1.29, 1.82) is 0 Å². The Balaban J connectivity index is 1.92. The zero-order valence-corrected chi connectivity index (χ0v) is 23.7. The number of aromatic nitrogens is 1. The van der Waals surface area contributed by atoms with Gasteiger partial charge in [-0.1, -0.05) is 38.0 Å². The SMILES string of the molecule is CCCCN(CCCC)S(=O)(=O)c1ccc(C(=O)N=c2sc3cc(OCC)ccc3n2CCOC)cc1. The standard InChI is InChI=1S/C27H37N3O5S2/c1-5-8-16-29(17-9-6-2)37(32,33)23-13-10-21(11-14-23)26(31)28-27-30(18-19-34-4)24-15-12-22(35-7-3)20-25(24)36-27/h10-15,20H,5-9,16-19H2,1-4H3. The van der Waals surface area contributed by atoms with E-state index >= 15 is 0 Å². The normalized spacial score (nSPS) is 12.5. The van der Waals surface area contributed by atoms with Crippen LogP contribution in [-0.4, -0.2) is 56.6 Å². The Hall–Kier alpha value is -2.53. The van der Waals surface area contributed by atoms with E-state index in [1.54, 1.807) is 11.4 Å². The number of ether oxygens (including phenoxy) is 2. The Kier molecular flexibility index (Phi) is 10.9. The molecule has 3 aromatic rings. The molecule has 0 saturated heterocycles. The molecule has 0 fully saturated rings. The Morgan fingerprint density at radius 1 is 1.03 bits per heavy atom. The van der Waals surface area contributed by atoms with Crippen LogP contribution in [0, 0.1) is 0 Å². The molecule has 0 spiro atoms. The van der Waals surface area contributed by atoms with Crippen molar-refractivity contribution in [2.45, 2.75) is 57.9 Å². The first-order valence-corrected chi connectivity index (χ1v) is 15.1. The third-order valence-corrected chi connectivity index (χ3v) is 8.90. The zero-order chi connectivity index (χ0) is 26.8. The fourth-order valence-electron chi connectivity index (χ4n) is 3.89. The van der Waals surface area contributed by atoms with Gasteiger partial charge in [-0.15, -0.1) is 0 Å². The predicted molar refractivity (Wildman–Crippen MR) is 148 cm³/mol. The second-order valence-corrected chi connectivity index (χ2v) is 11.6. The molecule has 0 unspecified atom stereocenters. The molecule has 1 amide bonds. The quantitative estimate of drug-likeness (QED) is 0.281. The van der Waals surface area contributed by atoms with Crippen molar-refractivity contribution in [3.05, 3.63) is 52.8 Å². The molecule has 37 heavy (non-hydrogen) atoms. The molecule has 0 aliphatic heterocycles. The summed E-state index contributed by atoms with van der Waals surface area (Å²) in [4.78, 5) is 18.2. The molecule has 202 valence electrons. The van der Waals surface area contributed by atoms with E-state index in [0.29, 0.717) is 43.2 Å². The molecular weight excluding hydrogens is 510 g/mol. The molecular formula is C27H37N3O5S2. The first kappa shape index (κ1) is 29.0.